The van der Waals surface area contributed by atoms with Crippen molar-refractivity contribution in [1.82, 2.24) is 20.5 Å². The molecule has 1 atom stereocenters. The van der Waals surface area contributed by atoms with Gasteiger partial charge in [0.2, 0.25) is 5.89 Å². The summed E-state index contributed by atoms with van der Waals surface area (Å²) in [6.07, 6.45) is 2.25. The minimum absolute atomic E-state index is 0. The second kappa shape index (κ2) is 11.8. The molecule has 2 heterocycles. The fraction of sp³-hybridized carbons (Fsp3) is 0.565. The summed E-state index contributed by atoms with van der Waals surface area (Å²) in [6.45, 7) is 11.5. The van der Waals surface area contributed by atoms with Crippen LogP contribution in [0.1, 0.15) is 54.3 Å². The Morgan fingerprint density at radius 2 is 2.00 bits per heavy atom. The predicted molar refractivity (Wildman–Crippen MR) is 133 cm³/mol. The molecular weight excluding hydrogens is 508 g/mol. The van der Waals surface area contributed by atoms with Gasteiger partial charge in [0.1, 0.15) is 11.6 Å². The number of piperidine rings is 1. The summed E-state index contributed by atoms with van der Waals surface area (Å²) < 4.78 is 19.6. The first-order chi connectivity index (χ1) is 14.4. The number of rotatable bonds is 6. The average Bonchev–Trinajstić information content (AvgIpc) is 3.05. The van der Waals surface area contributed by atoms with E-state index in [0.717, 1.165) is 67.9 Å². The monoisotopic (exact) mass is 543 g/mol. The zero-order chi connectivity index (χ0) is 21.7. The van der Waals surface area contributed by atoms with Crippen LogP contribution < -0.4 is 10.6 Å². The Morgan fingerprint density at radius 3 is 2.58 bits per heavy atom. The molecule has 1 aromatic heterocycles. The third kappa shape index (κ3) is 7.17. The van der Waals surface area contributed by atoms with Crippen LogP contribution in [0.3, 0.4) is 0 Å². The maximum atomic E-state index is 13.9. The number of hydrogen-bond donors (Lipinski definition) is 2. The van der Waals surface area contributed by atoms with Crippen molar-refractivity contribution in [3.63, 3.8) is 0 Å². The summed E-state index contributed by atoms with van der Waals surface area (Å²) in [6, 6.07) is 5.33. The summed E-state index contributed by atoms with van der Waals surface area (Å²) in [5.74, 6) is 2.89. The van der Waals surface area contributed by atoms with E-state index in [9.17, 15) is 4.39 Å². The van der Waals surface area contributed by atoms with E-state index in [2.05, 4.69) is 25.5 Å². The van der Waals surface area contributed by atoms with Crippen LogP contribution in [0.15, 0.2) is 27.6 Å². The third-order valence-corrected chi connectivity index (χ3v) is 5.97. The van der Waals surface area contributed by atoms with Gasteiger partial charge in [-0.2, -0.15) is 0 Å². The minimum atomic E-state index is -0.175. The molecule has 0 saturated carbocycles. The van der Waals surface area contributed by atoms with Crippen molar-refractivity contribution in [3.05, 3.63) is 52.5 Å². The predicted octanol–water partition coefficient (Wildman–Crippen LogP) is 4.50. The van der Waals surface area contributed by atoms with Crippen molar-refractivity contribution in [2.24, 2.45) is 10.9 Å². The highest BCUT2D eigenvalue weighted by atomic mass is 127. The molecule has 2 N–H and O–H groups in total. The average molecular weight is 543 g/mol. The Hall–Kier alpha value is -1.68. The second-order valence-electron chi connectivity index (χ2n) is 8.30. The Balaban J connectivity index is 0.00000341. The quantitative estimate of drug-likeness (QED) is 0.319. The first kappa shape index (κ1) is 25.6. The molecule has 2 aromatic rings. The van der Waals surface area contributed by atoms with E-state index in [0.29, 0.717) is 11.5 Å². The van der Waals surface area contributed by atoms with Crippen molar-refractivity contribution in [1.29, 1.82) is 0 Å². The molecule has 0 radical (unpaired) electrons. The Bertz CT molecular complexity index is 857. The number of aliphatic imine (C=N–C) groups is 1. The van der Waals surface area contributed by atoms with Crippen LogP contribution in [0.2, 0.25) is 0 Å². The molecule has 1 unspecified atom stereocenters. The van der Waals surface area contributed by atoms with Gasteiger partial charge in [0.25, 0.3) is 0 Å². The number of aryl methyl sites for hydroxylation is 3. The fourth-order valence-corrected chi connectivity index (χ4v) is 3.75. The van der Waals surface area contributed by atoms with Crippen LogP contribution in [0.4, 0.5) is 4.39 Å². The number of nitrogens with one attached hydrogen (secondary N) is 2. The normalized spacial score (nSPS) is 16.6. The topological polar surface area (TPSA) is 65.7 Å². The van der Waals surface area contributed by atoms with E-state index in [1.807, 2.05) is 32.9 Å². The summed E-state index contributed by atoms with van der Waals surface area (Å²) in [5.41, 5.74) is 2.55. The molecule has 1 fully saturated rings. The molecule has 1 aliphatic rings. The molecular formula is C23H35FIN5O. The van der Waals surface area contributed by atoms with Gasteiger partial charge in [-0.25, -0.2) is 9.37 Å². The van der Waals surface area contributed by atoms with E-state index in [-0.39, 0.29) is 35.8 Å². The maximum absolute atomic E-state index is 13.9. The molecule has 0 spiro atoms. The van der Waals surface area contributed by atoms with E-state index in [4.69, 9.17) is 4.42 Å². The van der Waals surface area contributed by atoms with Gasteiger partial charge in [0.05, 0.1) is 18.3 Å². The molecule has 8 heteroatoms. The highest BCUT2D eigenvalue weighted by Gasteiger charge is 2.21. The lowest BCUT2D eigenvalue weighted by Crippen LogP contribution is -2.43. The van der Waals surface area contributed by atoms with Crippen LogP contribution >= 0.6 is 24.0 Å². The summed E-state index contributed by atoms with van der Waals surface area (Å²) in [4.78, 5) is 11.2. The van der Waals surface area contributed by atoms with Gasteiger partial charge in [-0.15, -0.1) is 24.0 Å². The van der Waals surface area contributed by atoms with E-state index < -0.39 is 0 Å². The number of likely N-dealkylation sites (tertiary alicyclic amines) is 1. The van der Waals surface area contributed by atoms with Crippen molar-refractivity contribution in [3.8, 4) is 0 Å². The molecule has 0 aliphatic carbocycles. The molecule has 0 bridgehead atoms. The summed E-state index contributed by atoms with van der Waals surface area (Å²) >= 11 is 0. The van der Waals surface area contributed by atoms with E-state index in [1.165, 1.54) is 0 Å². The fourth-order valence-electron chi connectivity index (χ4n) is 3.75. The standard InChI is InChI=1S/C23H34FN5O.HI/c1-15-6-7-20(12-21(15)24)17(3)28-23(25-5)26-13-19-8-10-29(11-9-19)14-22-27-16(2)18(4)30-22;/h6-7,12,17,19H,8-11,13-14H2,1-5H3,(H2,25,26,28);1H. The van der Waals surface area contributed by atoms with Crippen molar-refractivity contribution in [2.75, 3.05) is 26.7 Å². The van der Waals surface area contributed by atoms with Gasteiger partial charge < -0.3 is 15.1 Å². The first-order valence-electron chi connectivity index (χ1n) is 10.7. The Morgan fingerprint density at radius 1 is 1.29 bits per heavy atom. The largest absolute Gasteiger partial charge is 0.444 e. The lowest BCUT2D eigenvalue weighted by molar-refractivity contribution is 0.164. The van der Waals surface area contributed by atoms with Crippen molar-refractivity contribution in [2.45, 2.75) is 53.1 Å². The summed E-state index contributed by atoms with van der Waals surface area (Å²) in [5, 5.41) is 6.80. The van der Waals surface area contributed by atoms with Crippen LogP contribution in [0, 0.1) is 32.5 Å². The molecule has 0 amide bonds. The lowest BCUT2D eigenvalue weighted by Gasteiger charge is -2.31. The Kier molecular flexibility index (Phi) is 9.74. The number of guanidine groups is 1. The molecule has 172 valence electrons. The number of nitrogens with zero attached hydrogens (tertiary/aromatic N) is 3. The number of hydrogen-bond acceptors (Lipinski definition) is 4. The molecule has 1 aromatic carbocycles. The molecule has 1 saturated heterocycles. The van der Waals surface area contributed by atoms with Gasteiger partial charge in [0.15, 0.2) is 5.96 Å². The SMILES string of the molecule is CN=C(NCC1CCN(Cc2nc(C)c(C)o2)CC1)NC(C)c1ccc(C)c(F)c1.I. The zero-order valence-electron chi connectivity index (χ0n) is 19.2. The molecule has 31 heavy (non-hydrogen) atoms. The first-order valence-corrected chi connectivity index (χ1v) is 10.7. The number of oxazole rings is 1. The number of halogens is 2. The molecule has 3 rings (SSSR count). The van der Waals surface area contributed by atoms with Gasteiger partial charge in [-0.1, -0.05) is 12.1 Å². The minimum Gasteiger partial charge on any atom is -0.444 e. The van der Waals surface area contributed by atoms with Crippen molar-refractivity contribution >= 4 is 29.9 Å². The maximum Gasteiger partial charge on any atom is 0.208 e. The summed E-state index contributed by atoms with van der Waals surface area (Å²) in [7, 11) is 1.76. The van der Waals surface area contributed by atoms with Crippen LogP contribution in [-0.4, -0.2) is 42.5 Å². The second-order valence-corrected chi connectivity index (χ2v) is 8.30. The van der Waals surface area contributed by atoms with Crippen LogP contribution in [0.5, 0.6) is 0 Å². The Labute approximate surface area is 202 Å². The van der Waals surface area contributed by atoms with Crippen LogP contribution in [-0.2, 0) is 6.54 Å². The number of aromatic nitrogens is 1. The smallest absolute Gasteiger partial charge is 0.208 e. The highest BCUT2D eigenvalue weighted by Crippen LogP contribution is 2.20. The van der Waals surface area contributed by atoms with Gasteiger partial charge >= 0.3 is 0 Å². The van der Waals surface area contributed by atoms with Crippen molar-refractivity contribution < 1.29 is 8.81 Å². The van der Waals surface area contributed by atoms with Crippen LogP contribution in [0.25, 0.3) is 0 Å². The van der Waals surface area contributed by atoms with E-state index in [1.54, 1.807) is 20.0 Å². The van der Waals surface area contributed by atoms with Gasteiger partial charge in [-0.3, -0.25) is 9.89 Å². The van der Waals surface area contributed by atoms with E-state index >= 15 is 0 Å². The lowest BCUT2D eigenvalue weighted by atomic mass is 9.97. The molecule has 6 nitrogen and oxygen atoms in total. The molecule has 1 aliphatic heterocycles. The highest BCUT2D eigenvalue weighted by molar-refractivity contribution is 14.0. The van der Waals surface area contributed by atoms with Gasteiger partial charge in [-0.05, 0) is 76.7 Å². The number of benzene rings is 1. The van der Waals surface area contributed by atoms with Gasteiger partial charge in [0, 0.05) is 13.6 Å². The zero-order valence-corrected chi connectivity index (χ0v) is 21.5. The third-order valence-electron chi connectivity index (χ3n) is 5.97.